The molecule has 2 aliphatic heterocycles. The van der Waals surface area contributed by atoms with E-state index in [0.717, 1.165) is 25.1 Å². The van der Waals surface area contributed by atoms with E-state index in [1.807, 2.05) is 60.4 Å². The van der Waals surface area contributed by atoms with Crippen LogP contribution in [0.4, 0.5) is 0 Å². The molecule has 154 valence electrons. The van der Waals surface area contributed by atoms with Gasteiger partial charge >= 0.3 is 0 Å². The lowest BCUT2D eigenvalue weighted by Gasteiger charge is -2.19. The number of likely N-dealkylation sites (tertiary alicyclic amines) is 1. The van der Waals surface area contributed by atoms with E-state index < -0.39 is 0 Å². The summed E-state index contributed by atoms with van der Waals surface area (Å²) in [6.07, 6.45) is 3.15. The molecule has 2 amide bonds. The second-order valence-electron chi connectivity index (χ2n) is 7.73. The fourth-order valence-corrected chi connectivity index (χ4v) is 5.17. The predicted molar refractivity (Wildman–Crippen MR) is 126 cm³/mol. The van der Waals surface area contributed by atoms with Gasteiger partial charge in [0.25, 0.3) is 5.91 Å². The number of rotatable bonds is 5. The van der Waals surface area contributed by atoms with Gasteiger partial charge in [0.2, 0.25) is 5.91 Å². The topological polar surface area (TPSA) is 40.6 Å². The highest BCUT2D eigenvalue weighted by atomic mass is 32.2. The summed E-state index contributed by atoms with van der Waals surface area (Å²) in [6, 6.07) is 18.4. The van der Waals surface area contributed by atoms with Gasteiger partial charge in [-0.2, -0.15) is 0 Å². The summed E-state index contributed by atoms with van der Waals surface area (Å²) in [5, 5.41) is 0. The van der Waals surface area contributed by atoms with Gasteiger partial charge in [0.1, 0.15) is 4.32 Å². The van der Waals surface area contributed by atoms with Gasteiger partial charge in [0, 0.05) is 32.0 Å². The van der Waals surface area contributed by atoms with Gasteiger partial charge in [-0.1, -0.05) is 84.1 Å². The molecule has 0 bridgehead atoms. The lowest BCUT2D eigenvalue weighted by atomic mass is 9.99. The Bertz CT molecular complexity index is 986. The highest BCUT2D eigenvalue weighted by Crippen LogP contribution is 2.33. The highest BCUT2D eigenvalue weighted by molar-refractivity contribution is 8.26. The van der Waals surface area contributed by atoms with Crippen LogP contribution in [0.15, 0.2) is 59.5 Å². The van der Waals surface area contributed by atoms with Crippen LogP contribution in [0.3, 0.4) is 0 Å². The van der Waals surface area contributed by atoms with Crippen LogP contribution in [0.25, 0.3) is 6.08 Å². The molecule has 2 aromatic carbocycles. The number of amides is 2. The molecule has 2 aliphatic rings. The van der Waals surface area contributed by atoms with Crippen molar-refractivity contribution in [2.45, 2.75) is 25.7 Å². The van der Waals surface area contributed by atoms with Gasteiger partial charge in [0.05, 0.1) is 4.91 Å². The molecule has 0 spiro atoms. The lowest BCUT2D eigenvalue weighted by molar-refractivity contribution is -0.130. The van der Waals surface area contributed by atoms with Crippen LogP contribution in [0.2, 0.25) is 0 Å². The molecule has 1 atom stereocenters. The normalized spacial score (nSPS) is 20.4. The molecule has 2 saturated heterocycles. The van der Waals surface area contributed by atoms with Crippen molar-refractivity contribution in [1.82, 2.24) is 9.80 Å². The number of benzene rings is 2. The number of nitrogens with zero attached hydrogens (tertiary/aromatic N) is 2. The molecular formula is C24H24N2O2S2. The van der Waals surface area contributed by atoms with E-state index in [2.05, 4.69) is 12.1 Å². The molecule has 4 nitrogen and oxygen atoms in total. The van der Waals surface area contributed by atoms with Gasteiger partial charge in [-0.25, -0.2) is 0 Å². The minimum atomic E-state index is -0.109. The largest absolute Gasteiger partial charge is 0.342 e. The Labute approximate surface area is 186 Å². The second kappa shape index (κ2) is 9.14. The van der Waals surface area contributed by atoms with Gasteiger partial charge in [-0.3, -0.25) is 14.5 Å². The number of thiocarbonyl (C=S) groups is 1. The van der Waals surface area contributed by atoms with E-state index in [1.54, 1.807) is 4.90 Å². The zero-order valence-electron chi connectivity index (χ0n) is 16.9. The maximum absolute atomic E-state index is 12.8. The van der Waals surface area contributed by atoms with Gasteiger partial charge in [0.15, 0.2) is 0 Å². The quantitative estimate of drug-likeness (QED) is 0.507. The van der Waals surface area contributed by atoms with Crippen LogP contribution in [-0.4, -0.2) is 45.6 Å². The third kappa shape index (κ3) is 4.65. The van der Waals surface area contributed by atoms with E-state index in [9.17, 15) is 9.59 Å². The van der Waals surface area contributed by atoms with Crippen molar-refractivity contribution < 1.29 is 9.59 Å². The number of thioether (sulfide) groups is 1. The van der Waals surface area contributed by atoms with Crippen LogP contribution in [0.1, 0.15) is 35.4 Å². The van der Waals surface area contributed by atoms with Crippen molar-refractivity contribution in [3.8, 4) is 0 Å². The Morgan fingerprint density at radius 1 is 1.17 bits per heavy atom. The third-order valence-electron chi connectivity index (χ3n) is 5.61. The van der Waals surface area contributed by atoms with Crippen molar-refractivity contribution in [2.24, 2.45) is 0 Å². The molecule has 4 rings (SSSR count). The smallest absolute Gasteiger partial charge is 0.266 e. The first-order valence-corrected chi connectivity index (χ1v) is 11.4. The molecule has 2 aromatic rings. The average Bonchev–Trinajstić information content (AvgIpc) is 3.34. The molecule has 0 aliphatic carbocycles. The zero-order chi connectivity index (χ0) is 21.1. The van der Waals surface area contributed by atoms with E-state index in [0.29, 0.717) is 28.1 Å². The maximum atomic E-state index is 12.8. The number of hydrogen-bond donors (Lipinski definition) is 0. The van der Waals surface area contributed by atoms with E-state index in [-0.39, 0.29) is 11.8 Å². The molecule has 2 heterocycles. The molecular weight excluding hydrogens is 412 g/mol. The van der Waals surface area contributed by atoms with Crippen molar-refractivity contribution in [3.05, 3.63) is 76.2 Å². The molecule has 0 aromatic heterocycles. The predicted octanol–water partition coefficient (Wildman–Crippen LogP) is 4.60. The second-order valence-corrected chi connectivity index (χ2v) is 9.41. The van der Waals surface area contributed by atoms with Gasteiger partial charge in [-0.15, -0.1) is 0 Å². The van der Waals surface area contributed by atoms with E-state index in [1.165, 1.54) is 22.9 Å². The first-order chi connectivity index (χ1) is 14.5. The van der Waals surface area contributed by atoms with E-state index in [4.69, 9.17) is 12.2 Å². The standard InChI is InChI=1S/C24H24N2O2S2/c1-17-7-9-18(10-8-17)15-21-23(28)26(24(29)30-21)14-12-22(27)25-13-11-20(16-25)19-5-3-2-4-6-19/h2-10,15,20H,11-14,16H2,1H3/b21-15-/t20-/m0/s1. The monoisotopic (exact) mass is 436 g/mol. The van der Waals surface area contributed by atoms with E-state index >= 15 is 0 Å². The summed E-state index contributed by atoms with van der Waals surface area (Å²) in [6.45, 7) is 3.88. The summed E-state index contributed by atoms with van der Waals surface area (Å²) in [5.41, 5.74) is 3.43. The molecule has 0 unspecified atom stereocenters. The average molecular weight is 437 g/mol. The summed E-state index contributed by atoms with van der Waals surface area (Å²) >= 11 is 6.71. The maximum Gasteiger partial charge on any atom is 0.266 e. The molecule has 0 N–H and O–H groups in total. The fourth-order valence-electron chi connectivity index (χ4n) is 3.86. The Morgan fingerprint density at radius 3 is 2.63 bits per heavy atom. The fraction of sp³-hybridized carbons (Fsp3) is 0.292. The molecule has 0 radical (unpaired) electrons. The number of carbonyl (C=O) groups is 2. The summed E-state index contributed by atoms with van der Waals surface area (Å²) in [5.74, 6) is 0.371. The Hall–Kier alpha value is -2.44. The van der Waals surface area contributed by atoms with Crippen molar-refractivity contribution >= 4 is 46.2 Å². The molecule has 6 heteroatoms. The minimum Gasteiger partial charge on any atom is -0.342 e. The third-order valence-corrected chi connectivity index (χ3v) is 6.99. The highest BCUT2D eigenvalue weighted by Gasteiger charge is 2.33. The Kier molecular flexibility index (Phi) is 6.35. The molecule has 2 fully saturated rings. The summed E-state index contributed by atoms with van der Waals surface area (Å²) in [4.78, 5) is 29.6. The SMILES string of the molecule is Cc1ccc(/C=C2\SC(=S)N(CCC(=O)N3CC[C@H](c4ccccc4)C3)C2=O)cc1. The van der Waals surface area contributed by atoms with Crippen molar-refractivity contribution in [1.29, 1.82) is 0 Å². The van der Waals surface area contributed by atoms with Gasteiger partial charge < -0.3 is 4.90 Å². The van der Waals surface area contributed by atoms with Crippen LogP contribution in [-0.2, 0) is 9.59 Å². The van der Waals surface area contributed by atoms with Crippen molar-refractivity contribution in [3.63, 3.8) is 0 Å². The minimum absolute atomic E-state index is 0.0880. The first-order valence-electron chi connectivity index (χ1n) is 10.2. The van der Waals surface area contributed by atoms with Crippen molar-refractivity contribution in [2.75, 3.05) is 19.6 Å². The Balaban J connectivity index is 1.33. The Morgan fingerprint density at radius 2 is 1.90 bits per heavy atom. The molecule has 30 heavy (non-hydrogen) atoms. The lowest BCUT2D eigenvalue weighted by Crippen LogP contribution is -2.35. The van der Waals surface area contributed by atoms with Gasteiger partial charge in [-0.05, 0) is 30.5 Å². The number of hydrogen-bond acceptors (Lipinski definition) is 4. The van der Waals surface area contributed by atoms with Crippen LogP contribution < -0.4 is 0 Å². The number of carbonyl (C=O) groups excluding carboxylic acids is 2. The van der Waals surface area contributed by atoms with Crippen LogP contribution >= 0.6 is 24.0 Å². The van der Waals surface area contributed by atoms with Crippen LogP contribution in [0.5, 0.6) is 0 Å². The summed E-state index contributed by atoms with van der Waals surface area (Å²) < 4.78 is 0.523. The summed E-state index contributed by atoms with van der Waals surface area (Å²) in [7, 11) is 0. The van der Waals surface area contributed by atoms with Crippen LogP contribution in [0, 0.1) is 6.92 Å². The molecule has 0 saturated carbocycles. The zero-order valence-corrected chi connectivity index (χ0v) is 18.5. The first kappa shape index (κ1) is 20.8. The number of aryl methyl sites for hydroxylation is 1.